The van der Waals surface area contributed by atoms with Crippen LogP contribution in [-0.4, -0.2) is 25.2 Å². The summed E-state index contributed by atoms with van der Waals surface area (Å²) in [4.78, 5) is 12.4. The number of carbonyl (C=O) groups excluding carboxylic acids is 1. The van der Waals surface area contributed by atoms with Crippen molar-refractivity contribution in [2.24, 2.45) is 0 Å². The van der Waals surface area contributed by atoms with E-state index in [1.807, 2.05) is 24.3 Å². The summed E-state index contributed by atoms with van der Waals surface area (Å²) < 4.78 is 5.53. The van der Waals surface area contributed by atoms with Crippen LogP contribution in [0.1, 0.15) is 31.2 Å². The Labute approximate surface area is 118 Å². The third-order valence-electron chi connectivity index (χ3n) is 4.10. The first-order valence-corrected chi connectivity index (χ1v) is 7.24. The van der Waals surface area contributed by atoms with Gasteiger partial charge in [-0.3, -0.25) is 4.79 Å². The lowest BCUT2D eigenvalue weighted by molar-refractivity contribution is -0.124. The molecule has 1 aliphatic heterocycles. The van der Waals surface area contributed by atoms with E-state index >= 15 is 0 Å². The van der Waals surface area contributed by atoms with Crippen molar-refractivity contribution in [3.05, 3.63) is 34.9 Å². The molecule has 1 aliphatic carbocycles. The van der Waals surface area contributed by atoms with Crippen LogP contribution in [0.25, 0.3) is 0 Å². The second-order valence-corrected chi connectivity index (χ2v) is 5.87. The number of hydrogen-bond acceptors (Lipinski definition) is 2. The monoisotopic (exact) mass is 279 g/mol. The fourth-order valence-electron chi connectivity index (χ4n) is 2.72. The van der Waals surface area contributed by atoms with Gasteiger partial charge in [-0.2, -0.15) is 0 Å². The van der Waals surface area contributed by atoms with E-state index in [-0.39, 0.29) is 17.4 Å². The molecule has 1 aromatic carbocycles. The molecule has 1 atom stereocenters. The number of rotatable bonds is 4. The molecule has 1 saturated carbocycles. The lowest BCUT2D eigenvalue weighted by atomic mass is 9.95. The second-order valence-electron chi connectivity index (χ2n) is 5.43. The van der Waals surface area contributed by atoms with Crippen LogP contribution in [0.3, 0.4) is 0 Å². The SMILES string of the molecule is O=C(NC[C@@H]1CCCO1)C1(c2ccc(Cl)cc2)CC1. The Kier molecular flexibility index (Phi) is 3.50. The maximum absolute atomic E-state index is 12.4. The molecule has 0 radical (unpaired) electrons. The number of benzene rings is 1. The van der Waals surface area contributed by atoms with Crippen LogP contribution in [0, 0.1) is 0 Å². The molecule has 0 aromatic heterocycles. The van der Waals surface area contributed by atoms with Gasteiger partial charge >= 0.3 is 0 Å². The number of halogens is 1. The minimum atomic E-state index is -0.316. The summed E-state index contributed by atoms with van der Waals surface area (Å²) in [5.74, 6) is 0.130. The molecule has 3 rings (SSSR count). The molecule has 4 heteroatoms. The predicted molar refractivity (Wildman–Crippen MR) is 74.3 cm³/mol. The fraction of sp³-hybridized carbons (Fsp3) is 0.533. The molecule has 3 nitrogen and oxygen atoms in total. The van der Waals surface area contributed by atoms with E-state index < -0.39 is 0 Å². The number of amides is 1. The van der Waals surface area contributed by atoms with Crippen LogP contribution >= 0.6 is 11.6 Å². The van der Waals surface area contributed by atoms with E-state index in [9.17, 15) is 4.79 Å². The van der Waals surface area contributed by atoms with Gasteiger partial charge in [0.1, 0.15) is 0 Å². The van der Waals surface area contributed by atoms with Crippen LogP contribution in [0.2, 0.25) is 5.02 Å². The van der Waals surface area contributed by atoms with Crippen molar-refractivity contribution in [1.82, 2.24) is 5.32 Å². The zero-order valence-electron chi connectivity index (χ0n) is 10.8. The lowest BCUT2D eigenvalue weighted by Gasteiger charge is -2.17. The zero-order valence-corrected chi connectivity index (χ0v) is 11.6. The van der Waals surface area contributed by atoms with Crippen LogP contribution < -0.4 is 5.32 Å². The highest BCUT2D eigenvalue weighted by atomic mass is 35.5. The van der Waals surface area contributed by atoms with Gasteiger partial charge in [0.05, 0.1) is 11.5 Å². The quantitative estimate of drug-likeness (QED) is 0.920. The minimum Gasteiger partial charge on any atom is -0.376 e. The van der Waals surface area contributed by atoms with E-state index in [0.29, 0.717) is 11.6 Å². The predicted octanol–water partition coefficient (Wildman–Crippen LogP) is 2.67. The molecule has 1 N–H and O–H groups in total. The maximum atomic E-state index is 12.4. The number of ether oxygens (including phenoxy) is 1. The third kappa shape index (κ3) is 2.63. The summed E-state index contributed by atoms with van der Waals surface area (Å²) >= 11 is 5.89. The van der Waals surface area contributed by atoms with Crippen molar-refractivity contribution in [2.45, 2.75) is 37.2 Å². The maximum Gasteiger partial charge on any atom is 0.230 e. The van der Waals surface area contributed by atoms with E-state index in [2.05, 4.69) is 5.32 Å². The molecule has 102 valence electrons. The Morgan fingerprint density at radius 1 is 1.37 bits per heavy atom. The minimum absolute atomic E-state index is 0.130. The van der Waals surface area contributed by atoms with E-state index in [1.54, 1.807) is 0 Å². The molecular weight excluding hydrogens is 262 g/mol. The smallest absolute Gasteiger partial charge is 0.230 e. The van der Waals surface area contributed by atoms with Gasteiger partial charge in [-0.25, -0.2) is 0 Å². The Morgan fingerprint density at radius 3 is 2.68 bits per heavy atom. The summed E-state index contributed by atoms with van der Waals surface area (Å²) in [6, 6.07) is 7.62. The highest BCUT2D eigenvalue weighted by molar-refractivity contribution is 6.30. The van der Waals surface area contributed by atoms with Crippen LogP contribution in [0.5, 0.6) is 0 Å². The van der Waals surface area contributed by atoms with Gasteiger partial charge in [0, 0.05) is 18.2 Å². The second kappa shape index (κ2) is 5.14. The third-order valence-corrected chi connectivity index (χ3v) is 4.35. The average molecular weight is 280 g/mol. The Balaban J connectivity index is 1.63. The van der Waals surface area contributed by atoms with E-state index in [1.165, 1.54) is 0 Å². The molecule has 1 aromatic rings. The zero-order chi connectivity index (χ0) is 13.3. The van der Waals surface area contributed by atoms with Crippen molar-refractivity contribution in [3.63, 3.8) is 0 Å². The molecular formula is C15H18ClNO2. The van der Waals surface area contributed by atoms with Gasteiger partial charge in [-0.15, -0.1) is 0 Å². The Bertz CT molecular complexity index is 462. The lowest BCUT2D eigenvalue weighted by Crippen LogP contribution is -2.39. The normalized spacial score (nSPS) is 24.2. The highest BCUT2D eigenvalue weighted by Gasteiger charge is 2.51. The van der Waals surface area contributed by atoms with Gasteiger partial charge in [0.25, 0.3) is 0 Å². The molecule has 0 unspecified atom stereocenters. The Hall–Kier alpha value is -1.06. The molecule has 2 fully saturated rings. The van der Waals surface area contributed by atoms with Crippen LogP contribution in [-0.2, 0) is 14.9 Å². The summed E-state index contributed by atoms with van der Waals surface area (Å²) in [6.45, 7) is 1.46. The molecule has 2 aliphatic rings. The largest absolute Gasteiger partial charge is 0.376 e. The van der Waals surface area contributed by atoms with Crippen molar-refractivity contribution in [2.75, 3.05) is 13.2 Å². The van der Waals surface area contributed by atoms with Gasteiger partial charge in [0.15, 0.2) is 0 Å². The Morgan fingerprint density at radius 2 is 2.11 bits per heavy atom. The number of nitrogens with one attached hydrogen (secondary N) is 1. The summed E-state index contributed by atoms with van der Waals surface area (Å²) in [5.41, 5.74) is 0.755. The summed E-state index contributed by atoms with van der Waals surface area (Å²) in [6.07, 6.45) is 4.19. The first-order valence-electron chi connectivity index (χ1n) is 6.87. The molecule has 1 amide bonds. The van der Waals surface area contributed by atoms with Gasteiger partial charge < -0.3 is 10.1 Å². The van der Waals surface area contributed by atoms with Crippen LogP contribution in [0.15, 0.2) is 24.3 Å². The van der Waals surface area contributed by atoms with Gasteiger partial charge in [-0.1, -0.05) is 23.7 Å². The van der Waals surface area contributed by atoms with Crippen molar-refractivity contribution >= 4 is 17.5 Å². The molecule has 1 saturated heterocycles. The van der Waals surface area contributed by atoms with E-state index in [0.717, 1.165) is 37.9 Å². The number of carbonyl (C=O) groups is 1. The van der Waals surface area contributed by atoms with Gasteiger partial charge in [-0.05, 0) is 43.4 Å². The van der Waals surface area contributed by atoms with Crippen molar-refractivity contribution < 1.29 is 9.53 Å². The van der Waals surface area contributed by atoms with Crippen molar-refractivity contribution in [1.29, 1.82) is 0 Å². The molecule has 1 heterocycles. The standard InChI is InChI=1S/C15H18ClNO2/c16-12-5-3-11(4-6-12)15(7-8-15)14(18)17-10-13-2-1-9-19-13/h3-6,13H,1-2,7-10H2,(H,17,18)/t13-/m0/s1. The fourth-order valence-corrected chi connectivity index (χ4v) is 2.85. The summed E-state index contributed by atoms with van der Waals surface area (Å²) in [7, 11) is 0. The summed E-state index contributed by atoms with van der Waals surface area (Å²) in [5, 5.41) is 3.75. The van der Waals surface area contributed by atoms with Gasteiger partial charge in [0.2, 0.25) is 5.91 Å². The molecule has 0 bridgehead atoms. The average Bonchev–Trinajstić information content (AvgIpc) is 3.07. The van der Waals surface area contributed by atoms with Crippen molar-refractivity contribution in [3.8, 4) is 0 Å². The topological polar surface area (TPSA) is 38.3 Å². The highest BCUT2D eigenvalue weighted by Crippen LogP contribution is 2.48. The first-order chi connectivity index (χ1) is 9.21. The van der Waals surface area contributed by atoms with E-state index in [4.69, 9.17) is 16.3 Å². The number of hydrogen-bond donors (Lipinski definition) is 1. The molecule has 0 spiro atoms. The first kappa shape index (κ1) is 12.9. The van der Waals surface area contributed by atoms with Crippen LogP contribution in [0.4, 0.5) is 0 Å². The molecule has 19 heavy (non-hydrogen) atoms.